The average Bonchev–Trinajstić information content (AvgIpc) is 2.36. The number of ether oxygens (including phenoxy) is 1. The average molecular weight is 357 g/mol. The van der Waals surface area contributed by atoms with Crippen LogP contribution in [0.3, 0.4) is 0 Å². The van der Waals surface area contributed by atoms with Crippen LogP contribution in [0.25, 0.3) is 0 Å². The highest BCUT2D eigenvalue weighted by molar-refractivity contribution is 9.10. The summed E-state index contributed by atoms with van der Waals surface area (Å²) in [6.07, 6.45) is 1.64. The summed E-state index contributed by atoms with van der Waals surface area (Å²) >= 11 is 3.50. The molecule has 0 heterocycles. The maximum absolute atomic E-state index is 11.7. The number of hydrogen-bond donors (Lipinski definition) is 2. The van der Waals surface area contributed by atoms with Gasteiger partial charge in [-0.05, 0) is 56.9 Å². The van der Waals surface area contributed by atoms with Crippen molar-refractivity contribution in [2.24, 2.45) is 5.73 Å². The lowest BCUT2D eigenvalue weighted by Crippen LogP contribution is -2.34. The first-order chi connectivity index (χ1) is 9.83. The van der Waals surface area contributed by atoms with Crippen molar-refractivity contribution in [3.05, 3.63) is 27.7 Å². The van der Waals surface area contributed by atoms with E-state index in [1.165, 1.54) is 0 Å². The molecule has 0 spiro atoms. The molecule has 0 saturated heterocycles. The van der Waals surface area contributed by atoms with Crippen LogP contribution in [0.15, 0.2) is 16.6 Å². The summed E-state index contributed by atoms with van der Waals surface area (Å²) in [5, 5.41) is 2.82. The number of aryl methyl sites for hydroxylation is 1. The Bertz CT molecular complexity index is 489. The van der Waals surface area contributed by atoms with Crippen LogP contribution in [0.1, 0.15) is 38.3 Å². The fraction of sp³-hybridized carbons (Fsp3) is 0.562. The highest BCUT2D eigenvalue weighted by atomic mass is 79.9. The Hall–Kier alpha value is -1.07. The van der Waals surface area contributed by atoms with Crippen LogP contribution >= 0.6 is 15.9 Å². The molecule has 1 aromatic carbocycles. The summed E-state index contributed by atoms with van der Waals surface area (Å²) in [5.41, 5.74) is 8.08. The number of carbonyl (C=O) groups is 1. The van der Waals surface area contributed by atoms with Gasteiger partial charge in [0.25, 0.3) is 5.91 Å². The molecule has 0 saturated carbocycles. The quantitative estimate of drug-likeness (QED) is 0.789. The van der Waals surface area contributed by atoms with Crippen LogP contribution in [-0.2, 0) is 11.2 Å². The highest BCUT2D eigenvalue weighted by Gasteiger charge is 2.14. The van der Waals surface area contributed by atoms with Crippen LogP contribution in [0.4, 0.5) is 0 Å². The van der Waals surface area contributed by atoms with Gasteiger partial charge in [0, 0.05) is 16.6 Å². The Morgan fingerprint density at radius 2 is 2.10 bits per heavy atom. The van der Waals surface area contributed by atoms with Gasteiger partial charge in [0.15, 0.2) is 6.61 Å². The zero-order valence-electron chi connectivity index (χ0n) is 13.2. The molecular formula is C16H25BrN2O2. The van der Waals surface area contributed by atoms with E-state index < -0.39 is 0 Å². The third kappa shape index (κ3) is 6.06. The zero-order chi connectivity index (χ0) is 16.0. The zero-order valence-corrected chi connectivity index (χ0v) is 14.8. The lowest BCUT2D eigenvalue weighted by atomic mass is 10.0. The predicted octanol–water partition coefficient (Wildman–Crippen LogP) is 2.94. The van der Waals surface area contributed by atoms with Crippen molar-refractivity contribution in [2.45, 2.75) is 52.6 Å². The molecule has 0 bridgehead atoms. The first-order valence-corrected chi connectivity index (χ1v) is 8.09. The van der Waals surface area contributed by atoms with Crippen molar-refractivity contribution in [1.29, 1.82) is 0 Å². The third-order valence-corrected chi connectivity index (χ3v) is 3.58. The molecular weight excluding hydrogens is 332 g/mol. The second kappa shape index (κ2) is 8.39. The maximum atomic E-state index is 11.7. The summed E-state index contributed by atoms with van der Waals surface area (Å²) in [6.45, 7) is 7.91. The van der Waals surface area contributed by atoms with Gasteiger partial charge >= 0.3 is 0 Å². The lowest BCUT2D eigenvalue weighted by Gasteiger charge is -2.17. The topological polar surface area (TPSA) is 64.3 Å². The van der Waals surface area contributed by atoms with Gasteiger partial charge in [0.2, 0.25) is 0 Å². The number of halogens is 1. The molecule has 0 aliphatic heterocycles. The van der Waals surface area contributed by atoms with Gasteiger partial charge in [-0.1, -0.05) is 22.9 Å². The molecule has 0 radical (unpaired) electrons. The first-order valence-electron chi connectivity index (χ1n) is 7.30. The number of nitrogens with two attached hydrogens (primary N) is 1. The summed E-state index contributed by atoms with van der Waals surface area (Å²) in [7, 11) is 0. The van der Waals surface area contributed by atoms with E-state index in [4.69, 9.17) is 10.5 Å². The van der Waals surface area contributed by atoms with E-state index >= 15 is 0 Å². The Morgan fingerprint density at radius 1 is 1.43 bits per heavy atom. The van der Waals surface area contributed by atoms with E-state index in [0.717, 1.165) is 34.2 Å². The smallest absolute Gasteiger partial charge is 0.258 e. The fourth-order valence-corrected chi connectivity index (χ4v) is 2.71. The Kier molecular flexibility index (Phi) is 7.18. The second-order valence-electron chi connectivity index (χ2n) is 5.59. The summed E-state index contributed by atoms with van der Waals surface area (Å²) in [4.78, 5) is 11.7. The van der Waals surface area contributed by atoms with Crippen LogP contribution < -0.4 is 15.8 Å². The number of hydrogen-bond acceptors (Lipinski definition) is 3. The van der Waals surface area contributed by atoms with Gasteiger partial charge in [-0.3, -0.25) is 4.79 Å². The minimum Gasteiger partial charge on any atom is -0.483 e. The molecule has 1 unspecified atom stereocenters. The molecule has 0 aromatic heterocycles. The van der Waals surface area contributed by atoms with Crippen molar-refractivity contribution in [1.82, 2.24) is 5.32 Å². The molecule has 0 aliphatic rings. The summed E-state index contributed by atoms with van der Waals surface area (Å²) in [5.74, 6) is 0.652. The van der Waals surface area contributed by atoms with E-state index in [9.17, 15) is 4.79 Å². The molecule has 118 valence electrons. The molecule has 1 amide bonds. The summed E-state index contributed by atoms with van der Waals surface area (Å²) in [6, 6.07) is 4.19. The van der Waals surface area contributed by atoms with E-state index in [-0.39, 0.29) is 24.6 Å². The monoisotopic (exact) mass is 356 g/mol. The van der Waals surface area contributed by atoms with Gasteiger partial charge in [-0.2, -0.15) is 0 Å². The van der Waals surface area contributed by atoms with E-state index in [1.807, 2.05) is 32.9 Å². The predicted molar refractivity (Wildman–Crippen MR) is 89.6 cm³/mol. The molecule has 0 fully saturated rings. The van der Waals surface area contributed by atoms with Crippen LogP contribution in [0.2, 0.25) is 0 Å². The lowest BCUT2D eigenvalue weighted by molar-refractivity contribution is -0.123. The number of nitrogens with one attached hydrogen (secondary N) is 1. The standard InChI is InChI=1S/C16H25BrN2O2/c1-5-14(18)8-12-7-13(17)6-11(4)16(12)21-9-15(20)19-10(2)3/h6-7,10,14H,5,8-9,18H2,1-4H3,(H,19,20). The van der Waals surface area contributed by atoms with Crippen molar-refractivity contribution in [3.63, 3.8) is 0 Å². The number of rotatable bonds is 7. The first kappa shape index (κ1) is 18.0. The van der Waals surface area contributed by atoms with Crippen molar-refractivity contribution in [2.75, 3.05) is 6.61 Å². The van der Waals surface area contributed by atoms with Gasteiger partial charge in [-0.15, -0.1) is 0 Å². The van der Waals surface area contributed by atoms with Crippen molar-refractivity contribution in [3.8, 4) is 5.75 Å². The van der Waals surface area contributed by atoms with Gasteiger partial charge < -0.3 is 15.8 Å². The second-order valence-corrected chi connectivity index (χ2v) is 6.51. The minimum absolute atomic E-state index is 0.0228. The Balaban J connectivity index is 2.86. The normalized spacial score (nSPS) is 12.3. The van der Waals surface area contributed by atoms with Crippen LogP contribution in [-0.4, -0.2) is 24.6 Å². The van der Waals surface area contributed by atoms with Crippen molar-refractivity contribution < 1.29 is 9.53 Å². The molecule has 1 atom stereocenters. The highest BCUT2D eigenvalue weighted by Crippen LogP contribution is 2.29. The fourth-order valence-electron chi connectivity index (χ4n) is 2.09. The Labute approximate surface area is 135 Å². The van der Waals surface area contributed by atoms with E-state index in [0.29, 0.717) is 0 Å². The molecule has 4 nitrogen and oxygen atoms in total. The number of carbonyl (C=O) groups excluding carboxylic acids is 1. The molecule has 21 heavy (non-hydrogen) atoms. The third-order valence-electron chi connectivity index (χ3n) is 3.12. The number of benzene rings is 1. The number of amides is 1. The van der Waals surface area contributed by atoms with Crippen LogP contribution in [0.5, 0.6) is 5.75 Å². The molecule has 5 heteroatoms. The van der Waals surface area contributed by atoms with E-state index in [2.05, 4.69) is 28.2 Å². The largest absolute Gasteiger partial charge is 0.483 e. The van der Waals surface area contributed by atoms with Gasteiger partial charge in [0.05, 0.1) is 0 Å². The molecule has 1 aromatic rings. The van der Waals surface area contributed by atoms with E-state index in [1.54, 1.807) is 0 Å². The van der Waals surface area contributed by atoms with Gasteiger partial charge in [-0.25, -0.2) is 0 Å². The Morgan fingerprint density at radius 3 is 2.67 bits per heavy atom. The molecule has 1 rings (SSSR count). The summed E-state index contributed by atoms with van der Waals surface area (Å²) < 4.78 is 6.74. The maximum Gasteiger partial charge on any atom is 0.258 e. The molecule has 0 aliphatic carbocycles. The SMILES string of the molecule is CCC(N)Cc1cc(Br)cc(C)c1OCC(=O)NC(C)C. The minimum atomic E-state index is -0.113. The molecule has 3 N–H and O–H groups in total. The van der Waals surface area contributed by atoms with Crippen LogP contribution in [0, 0.1) is 6.92 Å². The van der Waals surface area contributed by atoms with Crippen molar-refractivity contribution >= 4 is 21.8 Å². The van der Waals surface area contributed by atoms with Gasteiger partial charge in [0.1, 0.15) is 5.75 Å².